The molecule has 3 N–H and O–H groups in total. The third kappa shape index (κ3) is 3.95. The van der Waals surface area contributed by atoms with Gasteiger partial charge >= 0.3 is 5.69 Å². The first-order valence-corrected chi connectivity index (χ1v) is 10.5. The minimum absolute atomic E-state index is 0.275. The SMILES string of the molecule is COc1ccc(C2(Cc3c[nH]c(=O)[nH]c3=O)NCCc3cc(OC)c(OC)cc32)cc1OC. The fourth-order valence-electron chi connectivity index (χ4n) is 4.50. The van der Waals surface area contributed by atoms with Crippen LogP contribution in [0.25, 0.3) is 0 Å². The fraction of sp³-hybridized carbons (Fsp3) is 0.333. The Morgan fingerprint density at radius 2 is 1.55 bits per heavy atom. The van der Waals surface area contributed by atoms with Gasteiger partial charge in [-0.15, -0.1) is 0 Å². The van der Waals surface area contributed by atoms with Crippen LogP contribution in [0.5, 0.6) is 23.0 Å². The fourth-order valence-corrected chi connectivity index (χ4v) is 4.50. The van der Waals surface area contributed by atoms with Gasteiger partial charge in [-0.25, -0.2) is 4.79 Å². The van der Waals surface area contributed by atoms with E-state index in [-0.39, 0.29) is 6.42 Å². The van der Waals surface area contributed by atoms with Crippen LogP contribution in [0.1, 0.15) is 22.3 Å². The lowest BCUT2D eigenvalue weighted by atomic mass is 9.73. The molecule has 9 heteroatoms. The zero-order valence-corrected chi connectivity index (χ0v) is 19.0. The Hall–Kier alpha value is -3.72. The molecule has 1 atom stereocenters. The van der Waals surface area contributed by atoms with Gasteiger partial charge in [-0.2, -0.15) is 0 Å². The number of nitrogens with one attached hydrogen (secondary N) is 3. The number of hydrogen-bond acceptors (Lipinski definition) is 7. The second-order valence-electron chi connectivity index (χ2n) is 7.79. The largest absolute Gasteiger partial charge is 0.493 e. The van der Waals surface area contributed by atoms with Crippen molar-refractivity contribution in [2.45, 2.75) is 18.4 Å². The zero-order valence-electron chi connectivity index (χ0n) is 19.0. The summed E-state index contributed by atoms with van der Waals surface area (Å²) in [6.45, 7) is 0.665. The highest BCUT2D eigenvalue weighted by Crippen LogP contribution is 2.44. The minimum atomic E-state index is -0.808. The summed E-state index contributed by atoms with van der Waals surface area (Å²) < 4.78 is 22.1. The van der Waals surface area contributed by atoms with E-state index in [1.807, 2.05) is 30.3 Å². The maximum absolute atomic E-state index is 12.7. The van der Waals surface area contributed by atoms with E-state index in [9.17, 15) is 9.59 Å². The predicted molar refractivity (Wildman–Crippen MR) is 123 cm³/mol. The van der Waals surface area contributed by atoms with Gasteiger partial charge in [0.15, 0.2) is 23.0 Å². The van der Waals surface area contributed by atoms with Crippen LogP contribution >= 0.6 is 0 Å². The van der Waals surface area contributed by atoms with Gasteiger partial charge in [0.1, 0.15) is 0 Å². The standard InChI is InChI=1S/C24H27N3O6/c1-30-18-6-5-16(10-20(18)32-3)24(12-15-13-25-23(29)27-22(15)28)17-11-21(33-4)19(31-2)9-14(17)7-8-26-24/h5-6,9-11,13,26H,7-8,12H2,1-4H3,(H2,25,27,28,29). The lowest BCUT2D eigenvalue weighted by Crippen LogP contribution is -2.50. The molecule has 1 aliphatic rings. The Morgan fingerprint density at radius 3 is 2.21 bits per heavy atom. The summed E-state index contributed by atoms with van der Waals surface area (Å²) in [6.07, 6.45) is 2.50. The zero-order chi connectivity index (χ0) is 23.6. The van der Waals surface area contributed by atoms with Gasteiger partial charge in [0, 0.05) is 24.7 Å². The van der Waals surface area contributed by atoms with E-state index >= 15 is 0 Å². The molecule has 0 bridgehead atoms. The van der Waals surface area contributed by atoms with Crippen molar-refractivity contribution >= 4 is 0 Å². The highest BCUT2D eigenvalue weighted by Gasteiger charge is 2.40. The topological polar surface area (TPSA) is 115 Å². The Kier molecular flexibility index (Phi) is 6.15. The molecule has 0 spiro atoms. The third-order valence-corrected chi connectivity index (χ3v) is 6.12. The number of hydrogen-bond donors (Lipinski definition) is 3. The normalized spacial score (nSPS) is 17.2. The molecule has 3 aromatic rings. The van der Waals surface area contributed by atoms with Gasteiger partial charge in [-0.05, 0) is 47.4 Å². The maximum Gasteiger partial charge on any atom is 0.325 e. The van der Waals surface area contributed by atoms with Crippen molar-refractivity contribution < 1.29 is 18.9 Å². The number of benzene rings is 2. The van der Waals surface area contributed by atoms with E-state index in [0.717, 1.165) is 23.1 Å². The molecule has 1 aromatic heterocycles. The Labute approximate surface area is 190 Å². The van der Waals surface area contributed by atoms with Crippen LogP contribution in [0.4, 0.5) is 0 Å². The highest BCUT2D eigenvalue weighted by atomic mass is 16.5. The minimum Gasteiger partial charge on any atom is -0.493 e. The van der Waals surface area contributed by atoms with E-state index in [4.69, 9.17) is 18.9 Å². The van der Waals surface area contributed by atoms with Crippen LogP contribution in [0.3, 0.4) is 0 Å². The molecule has 4 rings (SSSR count). The van der Waals surface area contributed by atoms with Crippen molar-refractivity contribution in [1.82, 2.24) is 15.3 Å². The second-order valence-corrected chi connectivity index (χ2v) is 7.79. The van der Waals surface area contributed by atoms with Gasteiger partial charge in [0.2, 0.25) is 0 Å². The van der Waals surface area contributed by atoms with E-state index < -0.39 is 16.8 Å². The van der Waals surface area contributed by atoms with Crippen molar-refractivity contribution in [1.29, 1.82) is 0 Å². The third-order valence-electron chi connectivity index (χ3n) is 6.12. The first-order valence-electron chi connectivity index (χ1n) is 10.5. The van der Waals surface area contributed by atoms with E-state index in [2.05, 4.69) is 15.3 Å². The van der Waals surface area contributed by atoms with Crippen molar-refractivity contribution in [2.75, 3.05) is 35.0 Å². The molecule has 0 saturated carbocycles. The molecule has 0 radical (unpaired) electrons. The van der Waals surface area contributed by atoms with Crippen molar-refractivity contribution in [3.05, 3.63) is 79.6 Å². The van der Waals surface area contributed by atoms with Crippen LogP contribution in [-0.2, 0) is 18.4 Å². The first-order chi connectivity index (χ1) is 15.9. The number of ether oxygens (including phenoxy) is 4. The summed E-state index contributed by atoms with van der Waals surface area (Å²) in [7, 11) is 6.35. The molecule has 0 amide bonds. The highest BCUT2D eigenvalue weighted by molar-refractivity contribution is 5.56. The van der Waals surface area contributed by atoms with E-state index in [1.54, 1.807) is 28.4 Å². The Balaban J connectivity index is 1.99. The maximum atomic E-state index is 12.7. The number of fused-ring (bicyclic) bond motifs is 1. The van der Waals surface area contributed by atoms with E-state index in [0.29, 0.717) is 35.1 Å². The average Bonchev–Trinajstić information content (AvgIpc) is 2.84. The van der Waals surface area contributed by atoms with Gasteiger partial charge < -0.3 is 29.2 Å². The quantitative estimate of drug-likeness (QED) is 0.499. The molecular formula is C24H27N3O6. The second kappa shape index (κ2) is 9.03. The summed E-state index contributed by atoms with van der Waals surface area (Å²) >= 11 is 0. The number of aromatic amines is 2. The number of H-pyrrole nitrogens is 2. The molecule has 0 aliphatic carbocycles. The van der Waals surface area contributed by atoms with Crippen LogP contribution in [0, 0.1) is 0 Å². The first kappa shape index (κ1) is 22.5. The summed E-state index contributed by atoms with van der Waals surface area (Å²) in [5, 5.41) is 3.64. The van der Waals surface area contributed by atoms with Gasteiger partial charge in [0.05, 0.1) is 34.0 Å². The number of methoxy groups -OCH3 is 4. The van der Waals surface area contributed by atoms with Crippen molar-refractivity contribution in [3.63, 3.8) is 0 Å². The van der Waals surface area contributed by atoms with Gasteiger partial charge in [-0.3, -0.25) is 9.78 Å². The number of aromatic nitrogens is 2. The molecule has 1 unspecified atom stereocenters. The van der Waals surface area contributed by atoms with Crippen LogP contribution in [-0.4, -0.2) is 45.0 Å². The summed E-state index contributed by atoms with van der Waals surface area (Å²) in [5.74, 6) is 2.39. The summed E-state index contributed by atoms with van der Waals surface area (Å²) in [5.41, 5.74) is 1.53. The Morgan fingerprint density at radius 1 is 0.879 bits per heavy atom. The van der Waals surface area contributed by atoms with Gasteiger partial charge in [0.25, 0.3) is 5.56 Å². The lowest BCUT2D eigenvalue weighted by Gasteiger charge is -2.41. The average molecular weight is 453 g/mol. The smallest absolute Gasteiger partial charge is 0.325 e. The molecule has 0 fully saturated rings. The van der Waals surface area contributed by atoms with E-state index in [1.165, 1.54) is 6.20 Å². The lowest BCUT2D eigenvalue weighted by molar-refractivity contribution is 0.337. The van der Waals surface area contributed by atoms with Crippen molar-refractivity contribution in [3.8, 4) is 23.0 Å². The molecule has 2 aromatic carbocycles. The molecule has 1 aliphatic heterocycles. The molecule has 2 heterocycles. The molecule has 33 heavy (non-hydrogen) atoms. The molecule has 174 valence electrons. The monoisotopic (exact) mass is 453 g/mol. The number of rotatable bonds is 7. The van der Waals surface area contributed by atoms with Crippen LogP contribution in [0.2, 0.25) is 0 Å². The molecular weight excluding hydrogens is 426 g/mol. The Bertz CT molecular complexity index is 1280. The van der Waals surface area contributed by atoms with Crippen molar-refractivity contribution in [2.24, 2.45) is 0 Å². The molecule has 0 saturated heterocycles. The summed E-state index contributed by atoms with van der Waals surface area (Å²) in [6, 6.07) is 9.60. The molecule has 9 nitrogen and oxygen atoms in total. The summed E-state index contributed by atoms with van der Waals surface area (Å²) in [4.78, 5) is 29.2. The predicted octanol–water partition coefficient (Wildman–Crippen LogP) is 1.73. The van der Waals surface area contributed by atoms with Crippen LogP contribution < -0.4 is 35.5 Å². The van der Waals surface area contributed by atoms with Crippen LogP contribution in [0.15, 0.2) is 46.1 Å². The van der Waals surface area contributed by atoms with Gasteiger partial charge in [-0.1, -0.05) is 6.07 Å².